The van der Waals surface area contributed by atoms with Crippen LogP contribution in [0.4, 0.5) is 17.1 Å². The molecule has 3 aliphatic rings. The number of amides is 1. The van der Waals surface area contributed by atoms with Gasteiger partial charge in [0.15, 0.2) is 0 Å². The molecule has 2 aromatic heterocycles. The maximum Gasteiger partial charge on any atom is 0.280 e. The average Bonchev–Trinajstić information content (AvgIpc) is 3.43. The van der Waals surface area contributed by atoms with E-state index in [0.717, 1.165) is 86.0 Å². The van der Waals surface area contributed by atoms with Gasteiger partial charge in [-0.2, -0.15) is 10.1 Å². The van der Waals surface area contributed by atoms with Gasteiger partial charge in [0.2, 0.25) is 5.96 Å². The maximum absolute atomic E-state index is 13.5. The smallest absolute Gasteiger partial charge is 0.280 e. The number of hydrogen-bond acceptors (Lipinski definition) is 7. The van der Waals surface area contributed by atoms with Gasteiger partial charge in [0.05, 0.1) is 23.3 Å². The lowest BCUT2D eigenvalue weighted by molar-refractivity contribution is 0.100. The third-order valence-corrected chi connectivity index (χ3v) is 7.99. The van der Waals surface area contributed by atoms with Crippen LogP contribution >= 0.6 is 0 Å². The van der Waals surface area contributed by atoms with Gasteiger partial charge in [-0.25, -0.2) is 0 Å². The Morgan fingerprint density at radius 3 is 2.68 bits per heavy atom. The Morgan fingerprint density at radius 2 is 1.87 bits per heavy atom. The fraction of sp³-hybridized carbons (Fsp3) is 0.448. The molecule has 2 bridgehead atoms. The van der Waals surface area contributed by atoms with E-state index in [1.807, 2.05) is 37.0 Å². The highest BCUT2D eigenvalue weighted by Gasteiger charge is 2.29. The Kier molecular flexibility index (Phi) is 6.39. The molecule has 3 aliphatic heterocycles. The largest absolute Gasteiger partial charge is 0.369 e. The summed E-state index contributed by atoms with van der Waals surface area (Å²) < 4.78 is 1.94. The number of fused-ring (bicyclic) bond motifs is 7. The zero-order valence-corrected chi connectivity index (χ0v) is 22.7. The van der Waals surface area contributed by atoms with Crippen molar-refractivity contribution in [3.63, 3.8) is 0 Å². The third-order valence-electron chi connectivity index (χ3n) is 7.99. The summed E-state index contributed by atoms with van der Waals surface area (Å²) >= 11 is 0. The Labute approximate surface area is 224 Å². The number of guanidine groups is 1. The topological polar surface area (TPSA) is 81.9 Å². The van der Waals surface area contributed by atoms with Gasteiger partial charge in [0, 0.05) is 68.0 Å². The van der Waals surface area contributed by atoms with Crippen molar-refractivity contribution in [1.29, 1.82) is 0 Å². The molecule has 38 heavy (non-hydrogen) atoms. The van der Waals surface area contributed by atoms with E-state index in [-0.39, 0.29) is 5.91 Å². The lowest BCUT2D eigenvalue weighted by Gasteiger charge is -2.34. The summed E-state index contributed by atoms with van der Waals surface area (Å²) in [5.74, 6) is 0.738. The molecule has 1 atom stereocenters. The number of piperazine rings is 1. The van der Waals surface area contributed by atoms with E-state index < -0.39 is 0 Å². The van der Waals surface area contributed by atoms with Crippen molar-refractivity contribution < 1.29 is 4.79 Å². The molecule has 1 saturated heterocycles. The summed E-state index contributed by atoms with van der Waals surface area (Å²) in [5.41, 5.74) is 7.55. The lowest BCUT2D eigenvalue weighted by atomic mass is 9.99. The van der Waals surface area contributed by atoms with E-state index in [1.165, 1.54) is 5.69 Å². The summed E-state index contributed by atoms with van der Waals surface area (Å²) in [6.07, 6.45) is 4.88. The highest BCUT2D eigenvalue weighted by molar-refractivity contribution is 6.19. The van der Waals surface area contributed by atoms with Gasteiger partial charge >= 0.3 is 0 Å². The second-order valence-corrected chi connectivity index (χ2v) is 11.0. The van der Waals surface area contributed by atoms with Gasteiger partial charge in [-0.3, -0.25) is 14.5 Å². The van der Waals surface area contributed by atoms with E-state index in [9.17, 15) is 4.79 Å². The highest BCUT2D eigenvalue weighted by atomic mass is 16.1. The fourth-order valence-corrected chi connectivity index (χ4v) is 5.77. The molecule has 198 valence electrons. The quantitative estimate of drug-likeness (QED) is 0.529. The number of carbonyl (C=O) groups is 1. The number of rotatable bonds is 1. The van der Waals surface area contributed by atoms with Crippen LogP contribution in [0.2, 0.25) is 0 Å². The molecule has 0 aliphatic carbocycles. The maximum atomic E-state index is 13.5. The number of pyridine rings is 1. The fourth-order valence-electron chi connectivity index (χ4n) is 5.77. The number of hydrogen-bond donors (Lipinski definition) is 1. The number of aliphatic imine (C=N–C) groups is 1. The van der Waals surface area contributed by atoms with Gasteiger partial charge < -0.3 is 20.0 Å². The minimum absolute atomic E-state index is 0.272. The van der Waals surface area contributed by atoms with Crippen molar-refractivity contribution in [3.8, 4) is 11.3 Å². The van der Waals surface area contributed by atoms with Crippen LogP contribution in [0.3, 0.4) is 0 Å². The van der Waals surface area contributed by atoms with Crippen LogP contribution in [0.1, 0.15) is 41.5 Å². The molecule has 0 saturated carbocycles. The average molecular weight is 513 g/mol. The molecular weight excluding hydrogens is 476 g/mol. The van der Waals surface area contributed by atoms with Crippen molar-refractivity contribution in [2.24, 2.45) is 18.0 Å². The van der Waals surface area contributed by atoms with Crippen molar-refractivity contribution in [3.05, 3.63) is 53.5 Å². The number of carbonyl (C=O) groups excluding carboxylic acids is 1. The van der Waals surface area contributed by atoms with Crippen LogP contribution in [0, 0.1) is 12.8 Å². The SMILES string of the molecule is Cc1cc2cc(n1)-c1cnn(C)c1CCC[C@@H](C)CN1/C(=N/C2=O)Nc2ccc(N3CCN(C)CC3)cc21. The first-order valence-corrected chi connectivity index (χ1v) is 13.6. The van der Waals surface area contributed by atoms with Crippen LogP contribution < -0.4 is 15.1 Å². The van der Waals surface area contributed by atoms with Gasteiger partial charge in [0.25, 0.3) is 5.91 Å². The predicted octanol–water partition coefficient (Wildman–Crippen LogP) is 3.94. The molecule has 3 aromatic rings. The first-order chi connectivity index (χ1) is 18.4. The van der Waals surface area contributed by atoms with Crippen LogP contribution in [0.15, 0.2) is 41.5 Å². The molecule has 0 radical (unpaired) electrons. The van der Waals surface area contributed by atoms with E-state index in [1.54, 1.807) is 0 Å². The number of likely N-dealkylation sites (N-methyl/N-ethyl adjacent to an activating group) is 1. The van der Waals surface area contributed by atoms with Crippen molar-refractivity contribution in [2.75, 3.05) is 54.9 Å². The van der Waals surface area contributed by atoms with E-state index in [0.29, 0.717) is 17.4 Å². The van der Waals surface area contributed by atoms with Crippen molar-refractivity contribution in [2.45, 2.75) is 33.1 Å². The van der Waals surface area contributed by atoms with Crippen molar-refractivity contribution >= 4 is 28.9 Å². The standard InChI is InChI=1S/C29H36N8O/c1-19-6-5-7-26-23(17-30-35(26)4)25-15-21(14-20(2)31-25)28(38)33-29-32-24-9-8-22(16-27(24)37(29)18-19)36-12-10-34(3)11-13-36/h8-9,14-17,19H,5-7,10-13,18H2,1-4H3,(H,32,33,38)/t19-/m1/s1. The lowest BCUT2D eigenvalue weighted by Crippen LogP contribution is -2.44. The van der Waals surface area contributed by atoms with Crippen LogP contribution in [0.25, 0.3) is 11.3 Å². The zero-order chi connectivity index (χ0) is 26.4. The number of nitrogens with zero attached hydrogens (tertiary/aromatic N) is 7. The molecule has 9 nitrogen and oxygen atoms in total. The summed E-state index contributed by atoms with van der Waals surface area (Å²) in [6.45, 7) is 9.13. The Balaban J connectivity index is 1.38. The molecule has 1 aromatic carbocycles. The molecule has 1 N–H and O–H groups in total. The first kappa shape index (κ1) is 24.6. The van der Waals surface area contributed by atoms with Crippen LogP contribution in [-0.2, 0) is 13.5 Å². The Hall–Kier alpha value is -3.72. The van der Waals surface area contributed by atoms with E-state index in [4.69, 9.17) is 4.98 Å². The second kappa shape index (κ2) is 9.87. The third kappa shape index (κ3) is 4.67. The van der Waals surface area contributed by atoms with Crippen LogP contribution in [0.5, 0.6) is 0 Å². The summed E-state index contributed by atoms with van der Waals surface area (Å²) in [4.78, 5) is 29.9. The summed E-state index contributed by atoms with van der Waals surface area (Å²) in [6, 6.07) is 10.2. The molecule has 5 heterocycles. The monoisotopic (exact) mass is 512 g/mol. The Bertz CT molecular complexity index is 1400. The summed E-state index contributed by atoms with van der Waals surface area (Å²) in [7, 11) is 4.16. The number of benzene rings is 1. The minimum Gasteiger partial charge on any atom is -0.369 e. The second-order valence-electron chi connectivity index (χ2n) is 11.0. The molecule has 6 rings (SSSR count). The van der Waals surface area contributed by atoms with E-state index in [2.05, 4.69) is 62.3 Å². The molecule has 1 fully saturated rings. The predicted molar refractivity (Wildman–Crippen MR) is 152 cm³/mol. The van der Waals surface area contributed by atoms with Gasteiger partial charge in [-0.1, -0.05) is 6.92 Å². The number of anilines is 3. The molecule has 9 heteroatoms. The molecule has 1 amide bonds. The molecule has 0 spiro atoms. The van der Waals surface area contributed by atoms with Crippen LogP contribution in [-0.4, -0.2) is 71.3 Å². The molecular formula is C29H36N8O. The number of aromatic nitrogens is 3. The molecule has 0 unspecified atom stereocenters. The Morgan fingerprint density at radius 1 is 1.05 bits per heavy atom. The number of aryl methyl sites for hydroxylation is 2. The zero-order valence-electron chi connectivity index (χ0n) is 22.7. The summed E-state index contributed by atoms with van der Waals surface area (Å²) in [5, 5.41) is 7.95. The number of nitrogens with one attached hydrogen (secondary N) is 1. The van der Waals surface area contributed by atoms with Gasteiger partial charge in [-0.15, -0.1) is 0 Å². The van der Waals surface area contributed by atoms with Crippen molar-refractivity contribution in [1.82, 2.24) is 19.7 Å². The van der Waals surface area contributed by atoms with E-state index >= 15 is 0 Å². The minimum atomic E-state index is -0.272. The van der Waals surface area contributed by atoms with Gasteiger partial charge in [-0.05, 0) is 69.5 Å². The normalized spacial score (nSPS) is 21.6. The first-order valence-electron chi connectivity index (χ1n) is 13.6. The highest BCUT2D eigenvalue weighted by Crippen LogP contribution is 2.37. The van der Waals surface area contributed by atoms with Gasteiger partial charge in [0.1, 0.15) is 0 Å².